The van der Waals surface area contributed by atoms with Crippen LogP contribution >= 0.6 is 0 Å². The van der Waals surface area contributed by atoms with E-state index in [0.717, 1.165) is 0 Å². The van der Waals surface area contributed by atoms with Gasteiger partial charge in [-0.25, -0.2) is 0 Å². The minimum atomic E-state index is -1.47. The summed E-state index contributed by atoms with van der Waals surface area (Å²) >= 11 is 0. The Kier molecular flexibility index (Phi) is 4.24. The van der Waals surface area contributed by atoms with Crippen molar-refractivity contribution in [1.29, 1.82) is 0 Å². The molecule has 9 nitrogen and oxygen atoms in total. The highest BCUT2D eigenvalue weighted by atomic mass is 16.7. The van der Waals surface area contributed by atoms with Gasteiger partial charge in [0.05, 0.1) is 37.6 Å². The highest BCUT2D eigenvalue weighted by molar-refractivity contribution is 6.00. The Morgan fingerprint density at radius 2 is 2.04 bits per heavy atom. The van der Waals surface area contributed by atoms with E-state index < -0.39 is 65.2 Å². The number of aliphatic carboxylic acids is 1. The van der Waals surface area contributed by atoms with Crippen LogP contribution in [0.4, 0.5) is 0 Å². The number of esters is 1. The molecule has 0 amide bonds. The third-order valence-electron chi connectivity index (χ3n) is 7.24. The Labute approximate surface area is 161 Å². The number of ether oxygens (including phenoxy) is 3. The maximum Gasteiger partial charge on any atom is 0.306 e. The van der Waals surface area contributed by atoms with Crippen LogP contribution in [0.25, 0.3) is 0 Å². The summed E-state index contributed by atoms with van der Waals surface area (Å²) in [7, 11) is 0. The molecule has 2 aliphatic heterocycles. The molecule has 4 aliphatic rings. The summed E-state index contributed by atoms with van der Waals surface area (Å²) in [5, 5.41) is 30.0. The van der Waals surface area contributed by atoms with Gasteiger partial charge in [-0.3, -0.25) is 14.4 Å². The summed E-state index contributed by atoms with van der Waals surface area (Å²) in [6, 6.07) is 0. The molecular weight excluding hydrogens is 372 g/mol. The smallest absolute Gasteiger partial charge is 0.306 e. The molecule has 1 saturated carbocycles. The Morgan fingerprint density at radius 1 is 1.36 bits per heavy atom. The molecular formula is C19H24O9. The van der Waals surface area contributed by atoms with Gasteiger partial charge < -0.3 is 29.5 Å². The zero-order chi connectivity index (χ0) is 20.5. The number of fused-ring (bicyclic) bond motifs is 2. The lowest BCUT2D eigenvalue weighted by Crippen LogP contribution is -2.70. The average molecular weight is 396 g/mol. The van der Waals surface area contributed by atoms with Crippen LogP contribution in [0.3, 0.4) is 0 Å². The minimum Gasteiger partial charge on any atom is -0.481 e. The molecule has 28 heavy (non-hydrogen) atoms. The Hall–Kier alpha value is -1.81. The van der Waals surface area contributed by atoms with Gasteiger partial charge in [0.2, 0.25) is 0 Å². The molecule has 0 unspecified atom stereocenters. The first-order chi connectivity index (χ1) is 13.1. The first kappa shape index (κ1) is 19.5. The maximum absolute atomic E-state index is 12.5. The topological polar surface area (TPSA) is 143 Å². The maximum atomic E-state index is 12.5. The molecule has 2 bridgehead atoms. The van der Waals surface area contributed by atoms with E-state index in [9.17, 15) is 24.6 Å². The molecule has 0 radical (unpaired) electrons. The molecule has 0 aromatic rings. The molecule has 9 heteroatoms. The number of carboxylic acids is 1. The molecule has 2 saturated heterocycles. The largest absolute Gasteiger partial charge is 0.481 e. The number of Topliss-reactive ketones (excluding diaryl/α,β-unsaturated/α-hetero) is 1. The van der Waals surface area contributed by atoms with Crippen LogP contribution in [-0.2, 0) is 28.6 Å². The predicted octanol–water partition coefficient (Wildman–Crippen LogP) is -0.422. The first-order valence-corrected chi connectivity index (χ1v) is 9.35. The third kappa shape index (κ3) is 2.24. The van der Waals surface area contributed by atoms with Crippen molar-refractivity contribution >= 4 is 17.7 Å². The molecule has 4 rings (SSSR count). The number of aliphatic hydroxyl groups is 2. The van der Waals surface area contributed by atoms with Crippen molar-refractivity contribution in [1.82, 2.24) is 0 Å². The van der Waals surface area contributed by atoms with Crippen molar-refractivity contribution in [2.45, 2.75) is 63.1 Å². The number of hydrogen-bond acceptors (Lipinski definition) is 8. The van der Waals surface area contributed by atoms with E-state index >= 15 is 0 Å². The van der Waals surface area contributed by atoms with E-state index in [1.807, 2.05) is 6.92 Å². The minimum absolute atomic E-state index is 0.227. The van der Waals surface area contributed by atoms with Gasteiger partial charge in [0.25, 0.3) is 0 Å². The van der Waals surface area contributed by atoms with Gasteiger partial charge in [-0.1, -0.05) is 6.92 Å². The van der Waals surface area contributed by atoms with E-state index in [2.05, 4.69) is 0 Å². The number of ketones is 1. The standard InChI is InChI=1S/C19H24O9/c1-9-5-11-18(7-20,15(25)14(9)24)17(2)6-10(16(28-11)19(17)8-26-19)27-13(23)4-3-12(21)22/h5,10-11,15-16,20,25H,3-4,6-8H2,1-2H3,(H,21,22)/t10-,11-,15-,16-,17-,18-,19+/m1/s1. The van der Waals surface area contributed by atoms with Crippen molar-refractivity contribution < 1.29 is 43.9 Å². The normalized spacial score (nSPS) is 46.1. The second-order valence-corrected chi connectivity index (χ2v) is 8.43. The fraction of sp³-hybridized carbons (Fsp3) is 0.737. The Balaban J connectivity index is 1.69. The van der Waals surface area contributed by atoms with Crippen LogP contribution in [-0.4, -0.2) is 76.3 Å². The average Bonchev–Trinajstić information content (AvgIpc) is 3.40. The second kappa shape index (κ2) is 6.09. The van der Waals surface area contributed by atoms with Crippen molar-refractivity contribution in [3.8, 4) is 0 Å². The lowest BCUT2D eigenvalue weighted by Gasteiger charge is -2.58. The number of carbonyl (C=O) groups excluding carboxylic acids is 2. The molecule has 0 aromatic carbocycles. The Morgan fingerprint density at radius 3 is 2.61 bits per heavy atom. The highest BCUT2D eigenvalue weighted by Gasteiger charge is 2.83. The monoisotopic (exact) mass is 396 g/mol. The summed E-state index contributed by atoms with van der Waals surface area (Å²) in [5.41, 5.74) is -2.72. The number of carbonyl (C=O) groups is 3. The summed E-state index contributed by atoms with van der Waals surface area (Å²) in [6.07, 6.45) is -2.32. The summed E-state index contributed by atoms with van der Waals surface area (Å²) in [4.78, 5) is 35.3. The van der Waals surface area contributed by atoms with E-state index in [1.165, 1.54) is 0 Å². The molecule has 3 N–H and O–H groups in total. The molecule has 3 fully saturated rings. The molecule has 1 spiro atoms. The van der Waals surface area contributed by atoms with Gasteiger partial charge >= 0.3 is 11.9 Å². The van der Waals surface area contributed by atoms with E-state index in [4.69, 9.17) is 19.3 Å². The van der Waals surface area contributed by atoms with Gasteiger partial charge in [0, 0.05) is 5.41 Å². The second-order valence-electron chi connectivity index (χ2n) is 8.43. The number of hydrogen-bond donors (Lipinski definition) is 3. The van der Waals surface area contributed by atoms with Gasteiger partial charge in [-0.2, -0.15) is 0 Å². The quantitative estimate of drug-likeness (QED) is 0.417. The lowest BCUT2D eigenvalue weighted by molar-refractivity contribution is -0.245. The number of aliphatic hydroxyl groups excluding tert-OH is 2. The fourth-order valence-corrected chi connectivity index (χ4v) is 5.53. The summed E-state index contributed by atoms with van der Waals surface area (Å²) in [6.45, 7) is 3.22. The predicted molar refractivity (Wildman–Crippen MR) is 91.1 cm³/mol. The van der Waals surface area contributed by atoms with Crippen LogP contribution < -0.4 is 0 Å². The summed E-state index contributed by atoms with van der Waals surface area (Å²) in [5.74, 6) is -2.22. The van der Waals surface area contributed by atoms with Crippen molar-refractivity contribution in [3.63, 3.8) is 0 Å². The van der Waals surface area contributed by atoms with Crippen molar-refractivity contribution in [3.05, 3.63) is 11.6 Å². The Bertz CT molecular complexity index is 769. The third-order valence-corrected chi connectivity index (χ3v) is 7.24. The molecule has 2 heterocycles. The van der Waals surface area contributed by atoms with E-state index in [1.54, 1.807) is 13.0 Å². The van der Waals surface area contributed by atoms with Gasteiger partial charge in [0.1, 0.15) is 23.9 Å². The first-order valence-electron chi connectivity index (χ1n) is 9.35. The molecule has 154 valence electrons. The van der Waals surface area contributed by atoms with Gasteiger partial charge in [-0.15, -0.1) is 0 Å². The van der Waals surface area contributed by atoms with Crippen molar-refractivity contribution in [2.75, 3.05) is 13.2 Å². The fourth-order valence-electron chi connectivity index (χ4n) is 5.53. The zero-order valence-electron chi connectivity index (χ0n) is 15.7. The number of carboxylic acid groups (broad SMARTS) is 1. The molecule has 0 aromatic heterocycles. The molecule has 7 atom stereocenters. The van der Waals surface area contributed by atoms with Crippen molar-refractivity contribution in [2.24, 2.45) is 10.8 Å². The van der Waals surface area contributed by atoms with Crippen LogP contribution in [0, 0.1) is 10.8 Å². The van der Waals surface area contributed by atoms with E-state index in [-0.39, 0.29) is 19.3 Å². The van der Waals surface area contributed by atoms with Gasteiger partial charge in [0.15, 0.2) is 5.78 Å². The molecule has 2 aliphatic carbocycles. The SMILES string of the molecule is CC1=C[C@H]2O[C@@H]3[C@H](OC(=O)CCC(=O)O)C[C@](C)([C@@]2(CO)[C@H](O)C1=O)[C@]31CO1. The summed E-state index contributed by atoms with van der Waals surface area (Å²) < 4.78 is 17.5. The van der Waals surface area contributed by atoms with Crippen LogP contribution in [0.15, 0.2) is 11.6 Å². The lowest BCUT2D eigenvalue weighted by atomic mass is 9.50. The van der Waals surface area contributed by atoms with E-state index in [0.29, 0.717) is 12.2 Å². The van der Waals surface area contributed by atoms with Gasteiger partial charge in [-0.05, 0) is 25.0 Å². The van der Waals surface area contributed by atoms with Crippen LogP contribution in [0.2, 0.25) is 0 Å². The number of rotatable bonds is 5. The number of epoxide rings is 1. The highest BCUT2D eigenvalue weighted by Crippen LogP contribution is 2.71. The van der Waals surface area contributed by atoms with Crippen LogP contribution in [0.5, 0.6) is 0 Å². The zero-order valence-corrected chi connectivity index (χ0v) is 15.7. The van der Waals surface area contributed by atoms with Crippen LogP contribution in [0.1, 0.15) is 33.1 Å².